The maximum atomic E-state index is 12.3. The number of aromatic nitrogens is 2. The number of nitrogens with one attached hydrogen (secondary N) is 1. The number of carbonyl (C=O) groups is 1. The summed E-state index contributed by atoms with van der Waals surface area (Å²) in [5.74, 6) is 0.0425. The molecular formula is C10H16BrClN4O. The van der Waals surface area contributed by atoms with Crippen molar-refractivity contribution in [3.05, 3.63) is 16.4 Å². The van der Waals surface area contributed by atoms with Gasteiger partial charge in [-0.25, -0.2) is 0 Å². The van der Waals surface area contributed by atoms with E-state index in [0.717, 1.165) is 24.1 Å². The zero-order chi connectivity index (χ0) is 11.7. The summed E-state index contributed by atoms with van der Waals surface area (Å²) in [6.45, 7) is 4.50. The number of amides is 1. The van der Waals surface area contributed by atoms with E-state index in [1.807, 2.05) is 11.8 Å². The minimum Gasteiger partial charge on any atom is -0.332 e. The van der Waals surface area contributed by atoms with E-state index in [2.05, 4.69) is 26.3 Å². The van der Waals surface area contributed by atoms with Gasteiger partial charge in [-0.3, -0.25) is 9.48 Å². The lowest BCUT2D eigenvalue weighted by Gasteiger charge is -2.33. The molecule has 17 heavy (non-hydrogen) atoms. The molecule has 1 atom stereocenters. The zero-order valence-corrected chi connectivity index (χ0v) is 12.2. The maximum Gasteiger partial charge on any atom is 0.273 e. The Morgan fingerprint density at radius 1 is 1.65 bits per heavy atom. The fourth-order valence-electron chi connectivity index (χ4n) is 1.93. The Balaban J connectivity index is 0.00000144. The van der Waals surface area contributed by atoms with Crippen molar-refractivity contribution in [2.45, 2.75) is 13.0 Å². The first-order valence-corrected chi connectivity index (χ1v) is 6.09. The third kappa shape index (κ3) is 2.81. The molecule has 0 unspecified atom stereocenters. The molecule has 0 spiro atoms. The van der Waals surface area contributed by atoms with Gasteiger partial charge >= 0.3 is 0 Å². The van der Waals surface area contributed by atoms with Crippen LogP contribution in [0.15, 0.2) is 10.7 Å². The van der Waals surface area contributed by atoms with Gasteiger partial charge in [-0.15, -0.1) is 12.4 Å². The number of rotatable bonds is 1. The lowest BCUT2D eigenvalue weighted by molar-refractivity contribution is 0.0643. The van der Waals surface area contributed by atoms with Gasteiger partial charge in [0.2, 0.25) is 0 Å². The van der Waals surface area contributed by atoms with Crippen molar-refractivity contribution in [1.82, 2.24) is 20.0 Å². The quantitative estimate of drug-likeness (QED) is 0.840. The highest BCUT2D eigenvalue weighted by molar-refractivity contribution is 9.10. The molecule has 2 rings (SSSR count). The van der Waals surface area contributed by atoms with Gasteiger partial charge in [0.25, 0.3) is 5.91 Å². The van der Waals surface area contributed by atoms with Crippen molar-refractivity contribution < 1.29 is 4.79 Å². The van der Waals surface area contributed by atoms with Gasteiger partial charge in [0, 0.05) is 32.7 Å². The van der Waals surface area contributed by atoms with E-state index in [9.17, 15) is 4.79 Å². The molecule has 0 bridgehead atoms. The Labute approximate surface area is 115 Å². The average molecular weight is 324 g/mol. The third-order valence-corrected chi connectivity index (χ3v) is 3.44. The highest BCUT2D eigenvalue weighted by Gasteiger charge is 2.27. The largest absolute Gasteiger partial charge is 0.332 e. The zero-order valence-electron chi connectivity index (χ0n) is 9.81. The Morgan fingerprint density at radius 3 is 2.88 bits per heavy atom. The van der Waals surface area contributed by atoms with E-state index in [4.69, 9.17) is 0 Å². The van der Waals surface area contributed by atoms with Crippen LogP contribution in [-0.4, -0.2) is 46.3 Å². The summed E-state index contributed by atoms with van der Waals surface area (Å²) in [6.07, 6.45) is 1.65. The van der Waals surface area contributed by atoms with E-state index in [-0.39, 0.29) is 24.4 Å². The lowest BCUT2D eigenvalue weighted by Crippen LogP contribution is -2.52. The smallest absolute Gasteiger partial charge is 0.273 e. The predicted octanol–water partition coefficient (Wildman–Crippen LogP) is 1.04. The molecule has 0 aliphatic carbocycles. The number of nitrogens with zero attached hydrogens (tertiary/aromatic N) is 3. The van der Waals surface area contributed by atoms with Crippen molar-refractivity contribution in [3.63, 3.8) is 0 Å². The van der Waals surface area contributed by atoms with Crippen molar-refractivity contribution in [1.29, 1.82) is 0 Å². The van der Waals surface area contributed by atoms with Crippen LogP contribution in [0.5, 0.6) is 0 Å². The van der Waals surface area contributed by atoms with Crippen LogP contribution >= 0.6 is 28.3 Å². The first-order chi connectivity index (χ1) is 7.61. The molecule has 2 heterocycles. The number of hydrogen-bond donors (Lipinski definition) is 1. The van der Waals surface area contributed by atoms with Gasteiger partial charge in [-0.05, 0) is 22.9 Å². The molecule has 1 aromatic rings. The van der Waals surface area contributed by atoms with E-state index in [1.165, 1.54) is 0 Å². The second-order valence-electron chi connectivity index (χ2n) is 4.02. The highest BCUT2D eigenvalue weighted by Crippen LogP contribution is 2.18. The van der Waals surface area contributed by atoms with Gasteiger partial charge in [0.05, 0.1) is 10.7 Å². The molecule has 0 aromatic carbocycles. The van der Waals surface area contributed by atoms with Gasteiger partial charge in [0.1, 0.15) is 5.69 Å². The van der Waals surface area contributed by atoms with Crippen LogP contribution < -0.4 is 5.32 Å². The second-order valence-corrected chi connectivity index (χ2v) is 4.87. The molecule has 0 radical (unpaired) electrons. The molecule has 1 saturated heterocycles. The molecule has 0 saturated carbocycles. The predicted molar refractivity (Wildman–Crippen MR) is 71.5 cm³/mol. The Kier molecular flexibility index (Phi) is 4.97. The molecule has 1 fully saturated rings. The Morgan fingerprint density at radius 2 is 2.35 bits per heavy atom. The van der Waals surface area contributed by atoms with Crippen LogP contribution in [0.3, 0.4) is 0 Å². The van der Waals surface area contributed by atoms with Crippen LogP contribution in [0.4, 0.5) is 0 Å². The fourth-order valence-corrected chi connectivity index (χ4v) is 2.45. The van der Waals surface area contributed by atoms with Crippen LogP contribution in [0.2, 0.25) is 0 Å². The molecule has 1 aliphatic rings. The fraction of sp³-hybridized carbons (Fsp3) is 0.600. The summed E-state index contributed by atoms with van der Waals surface area (Å²) < 4.78 is 2.37. The summed E-state index contributed by atoms with van der Waals surface area (Å²) in [6, 6.07) is 0.225. The number of hydrogen-bond acceptors (Lipinski definition) is 3. The van der Waals surface area contributed by atoms with Crippen molar-refractivity contribution in [2.75, 3.05) is 19.6 Å². The molecule has 7 heteroatoms. The van der Waals surface area contributed by atoms with E-state index < -0.39 is 0 Å². The van der Waals surface area contributed by atoms with Crippen molar-refractivity contribution in [2.24, 2.45) is 7.05 Å². The van der Waals surface area contributed by atoms with Gasteiger partial charge in [-0.1, -0.05) is 0 Å². The standard InChI is InChI=1S/C10H15BrN4O.ClH/c1-7-5-12-3-4-15(7)10(16)9-8(11)6-13-14(9)2;/h6-7,12H,3-5H2,1-2H3;1H/t7-;/m1./s1. The molecule has 1 aliphatic heterocycles. The number of halogens is 2. The van der Waals surface area contributed by atoms with Gasteiger partial charge in [0.15, 0.2) is 0 Å². The molecule has 96 valence electrons. The normalized spacial score (nSPS) is 19.9. The summed E-state index contributed by atoms with van der Waals surface area (Å²) >= 11 is 3.36. The Hall–Kier alpha value is -0.590. The van der Waals surface area contributed by atoms with Crippen molar-refractivity contribution in [3.8, 4) is 0 Å². The minimum absolute atomic E-state index is 0. The monoisotopic (exact) mass is 322 g/mol. The van der Waals surface area contributed by atoms with Crippen LogP contribution in [-0.2, 0) is 7.05 Å². The Bertz CT molecular complexity index is 390. The summed E-state index contributed by atoms with van der Waals surface area (Å²) in [5.41, 5.74) is 0.619. The van der Waals surface area contributed by atoms with Crippen molar-refractivity contribution >= 4 is 34.2 Å². The van der Waals surface area contributed by atoms with Gasteiger partial charge in [-0.2, -0.15) is 5.10 Å². The molecular weight excluding hydrogens is 307 g/mol. The lowest BCUT2D eigenvalue weighted by atomic mass is 10.2. The van der Waals surface area contributed by atoms with E-state index in [1.54, 1.807) is 17.9 Å². The summed E-state index contributed by atoms with van der Waals surface area (Å²) in [5, 5.41) is 7.33. The topological polar surface area (TPSA) is 50.2 Å². The van der Waals surface area contributed by atoms with Crippen LogP contribution in [0.1, 0.15) is 17.4 Å². The molecule has 1 N–H and O–H groups in total. The summed E-state index contributed by atoms with van der Waals surface area (Å²) in [7, 11) is 1.78. The van der Waals surface area contributed by atoms with Crippen LogP contribution in [0, 0.1) is 0 Å². The minimum atomic E-state index is 0. The molecule has 1 aromatic heterocycles. The molecule has 1 amide bonds. The van der Waals surface area contributed by atoms with Crippen LogP contribution in [0.25, 0.3) is 0 Å². The van der Waals surface area contributed by atoms with Gasteiger partial charge < -0.3 is 10.2 Å². The van der Waals surface area contributed by atoms with E-state index >= 15 is 0 Å². The number of carbonyl (C=O) groups excluding carboxylic acids is 1. The maximum absolute atomic E-state index is 12.3. The summed E-state index contributed by atoms with van der Waals surface area (Å²) in [4.78, 5) is 14.2. The molecule has 5 nitrogen and oxygen atoms in total. The highest BCUT2D eigenvalue weighted by atomic mass is 79.9. The average Bonchev–Trinajstić information content (AvgIpc) is 2.58. The number of aryl methyl sites for hydroxylation is 1. The number of piperazine rings is 1. The van der Waals surface area contributed by atoms with E-state index in [0.29, 0.717) is 5.69 Å². The first kappa shape index (κ1) is 14.5. The third-order valence-electron chi connectivity index (χ3n) is 2.86. The first-order valence-electron chi connectivity index (χ1n) is 5.30. The SMILES string of the molecule is C[C@@H]1CNCCN1C(=O)c1c(Br)cnn1C.Cl. The second kappa shape index (κ2) is 5.84.